The molecule has 2 aromatic carbocycles. The minimum absolute atomic E-state index is 0.0630. The summed E-state index contributed by atoms with van der Waals surface area (Å²) in [6, 6.07) is 9.81. The van der Waals surface area contributed by atoms with E-state index in [0.29, 0.717) is 0 Å². The number of hydrogen-bond acceptors (Lipinski definition) is 7. The van der Waals surface area contributed by atoms with E-state index in [-0.39, 0.29) is 15.5 Å². The minimum Gasteiger partial charge on any atom is -0.258 e. The normalized spacial score (nSPS) is 12.0. The van der Waals surface area contributed by atoms with Crippen LogP contribution in [0.1, 0.15) is 5.56 Å². The van der Waals surface area contributed by atoms with Gasteiger partial charge < -0.3 is 0 Å². The van der Waals surface area contributed by atoms with Crippen molar-refractivity contribution in [1.29, 1.82) is 0 Å². The highest BCUT2D eigenvalue weighted by atomic mass is 32.2. The van der Waals surface area contributed by atoms with Crippen molar-refractivity contribution in [3.8, 4) is 0 Å². The van der Waals surface area contributed by atoms with Gasteiger partial charge in [0.05, 0.1) is 14.7 Å². The second kappa shape index (κ2) is 6.67. The summed E-state index contributed by atoms with van der Waals surface area (Å²) in [5.74, 6) is -1.06. The summed E-state index contributed by atoms with van der Waals surface area (Å²) in [6.07, 6.45) is 0. The number of aryl methyl sites for hydroxylation is 1. The molecule has 0 N–H and O–H groups in total. The molecule has 2 rings (SSSR count). The number of benzene rings is 2. The Balaban J connectivity index is 2.17. The largest absolute Gasteiger partial charge is 0.297 e. The van der Waals surface area contributed by atoms with Gasteiger partial charge in [-0.1, -0.05) is 17.7 Å². The third-order valence-electron chi connectivity index (χ3n) is 3.07. The Morgan fingerprint density at radius 2 is 1.42 bits per heavy atom. The number of nitrogens with zero attached hydrogens (tertiary/aromatic N) is 1. The zero-order valence-electron chi connectivity index (χ0n) is 12.4. The van der Waals surface area contributed by atoms with Crippen LogP contribution in [0.5, 0.6) is 0 Å². The summed E-state index contributed by atoms with van der Waals surface area (Å²) in [5.41, 5.74) is 0.564. The van der Waals surface area contributed by atoms with Crippen molar-refractivity contribution in [2.45, 2.75) is 16.7 Å². The molecule has 128 valence electrons. The number of nitro benzene ring substituents is 1. The second-order valence-electron chi connectivity index (χ2n) is 4.87. The van der Waals surface area contributed by atoms with Gasteiger partial charge in [0.2, 0.25) is 9.84 Å². The van der Waals surface area contributed by atoms with E-state index in [0.717, 1.165) is 29.8 Å². The summed E-state index contributed by atoms with van der Waals surface area (Å²) in [6.45, 7) is 1.78. The van der Waals surface area contributed by atoms with Gasteiger partial charge >= 0.3 is 0 Å². The van der Waals surface area contributed by atoms with Gasteiger partial charge in [0.25, 0.3) is 15.8 Å². The van der Waals surface area contributed by atoms with Crippen LogP contribution in [0.3, 0.4) is 0 Å². The van der Waals surface area contributed by atoms with Crippen molar-refractivity contribution in [2.75, 3.05) is 5.94 Å². The Morgan fingerprint density at radius 1 is 0.917 bits per heavy atom. The quantitative estimate of drug-likeness (QED) is 0.433. The van der Waals surface area contributed by atoms with Crippen LogP contribution in [0.4, 0.5) is 5.69 Å². The first-order valence-corrected chi connectivity index (χ1v) is 9.61. The highest BCUT2D eigenvalue weighted by molar-refractivity contribution is 7.92. The van der Waals surface area contributed by atoms with E-state index in [1.807, 2.05) is 0 Å². The Kier molecular flexibility index (Phi) is 5.02. The molecule has 0 heterocycles. The molecule has 0 atom stereocenters. The monoisotopic (exact) mass is 371 g/mol. The lowest BCUT2D eigenvalue weighted by Crippen LogP contribution is -2.15. The van der Waals surface area contributed by atoms with Gasteiger partial charge in [-0.15, -0.1) is 0 Å². The summed E-state index contributed by atoms with van der Waals surface area (Å²) in [5, 5.41) is 10.5. The van der Waals surface area contributed by atoms with E-state index in [1.165, 1.54) is 12.1 Å². The summed E-state index contributed by atoms with van der Waals surface area (Å²) < 4.78 is 52.7. The second-order valence-corrected chi connectivity index (χ2v) is 8.42. The maximum absolute atomic E-state index is 12.1. The Bertz CT molecular complexity index is 947. The first-order valence-electron chi connectivity index (χ1n) is 6.55. The van der Waals surface area contributed by atoms with Crippen molar-refractivity contribution in [1.82, 2.24) is 0 Å². The van der Waals surface area contributed by atoms with Crippen LogP contribution < -0.4 is 0 Å². The Labute approximate surface area is 138 Å². The van der Waals surface area contributed by atoms with Crippen molar-refractivity contribution in [3.05, 3.63) is 64.2 Å². The number of nitro groups is 1. The first kappa shape index (κ1) is 18.0. The van der Waals surface area contributed by atoms with Gasteiger partial charge in [-0.05, 0) is 31.2 Å². The first-order chi connectivity index (χ1) is 11.1. The van der Waals surface area contributed by atoms with Gasteiger partial charge in [-0.3, -0.25) is 10.1 Å². The molecule has 0 aliphatic rings. The Hall–Kier alpha value is -2.30. The zero-order valence-corrected chi connectivity index (χ0v) is 14.1. The van der Waals surface area contributed by atoms with Crippen LogP contribution in [-0.2, 0) is 24.1 Å². The lowest BCUT2D eigenvalue weighted by atomic mass is 10.2. The van der Waals surface area contributed by atoms with E-state index in [2.05, 4.69) is 4.18 Å². The van der Waals surface area contributed by atoms with E-state index >= 15 is 0 Å². The van der Waals surface area contributed by atoms with Gasteiger partial charge in [-0.25, -0.2) is 12.6 Å². The van der Waals surface area contributed by atoms with Gasteiger partial charge in [0.1, 0.15) is 0 Å². The van der Waals surface area contributed by atoms with Crippen molar-refractivity contribution < 1.29 is 25.9 Å². The van der Waals surface area contributed by atoms with Crippen LogP contribution >= 0.6 is 0 Å². The lowest BCUT2D eigenvalue weighted by Gasteiger charge is -2.07. The SMILES string of the molecule is Cc1ccc(S(=O)(=O)COS(=O)(=O)c2ccc([N+](=O)[O-])cc2)cc1. The molecular formula is C14H13NO7S2. The standard InChI is InChI=1S/C14H13NO7S2/c1-11-2-6-13(7-3-11)23(18,19)10-22-24(20,21)14-8-4-12(5-9-14)15(16)17/h2-9H,10H2,1H3. The molecule has 0 radical (unpaired) electrons. The third kappa shape index (κ3) is 4.16. The average Bonchev–Trinajstić information content (AvgIpc) is 2.54. The topological polar surface area (TPSA) is 121 Å². The molecule has 8 nitrogen and oxygen atoms in total. The molecule has 0 spiro atoms. The summed E-state index contributed by atoms with van der Waals surface area (Å²) >= 11 is 0. The number of rotatable bonds is 6. The molecule has 0 saturated carbocycles. The van der Waals surface area contributed by atoms with Crippen molar-refractivity contribution in [3.63, 3.8) is 0 Å². The number of hydrogen-bond donors (Lipinski definition) is 0. The predicted octanol–water partition coefficient (Wildman–Crippen LogP) is 2.04. The van der Waals surface area contributed by atoms with E-state index in [4.69, 9.17) is 0 Å². The number of sulfone groups is 1. The highest BCUT2D eigenvalue weighted by Crippen LogP contribution is 2.19. The van der Waals surface area contributed by atoms with Gasteiger partial charge in [0.15, 0.2) is 5.94 Å². The molecule has 2 aromatic rings. The summed E-state index contributed by atoms with van der Waals surface area (Å²) in [7, 11) is -8.30. The predicted molar refractivity (Wildman–Crippen MR) is 84.6 cm³/mol. The third-order valence-corrected chi connectivity index (χ3v) is 5.92. The van der Waals surface area contributed by atoms with E-state index < -0.39 is 30.8 Å². The van der Waals surface area contributed by atoms with E-state index in [9.17, 15) is 26.9 Å². The van der Waals surface area contributed by atoms with Crippen molar-refractivity contribution >= 4 is 25.6 Å². The van der Waals surface area contributed by atoms with E-state index in [1.54, 1.807) is 19.1 Å². The van der Waals surface area contributed by atoms with Gasteiger partial charge in [-0.2, -0.15) is 8.42 Å². The van der Waals surface area contributed by atoms with Gasteiger partial charge in [0, 0.05) is 12.1 Å². The molecule has 0 amide bonds. The smallest absolute Gasteiger partial charge is 0.258 e. The molecule has 0 fully saturated rings. The van der Waals surface area contributed by atoms with Crippen LogP contribution in [0.25, 0.3) is 0 Å². The zero-order chi connectivity index (χ0) is 18.0. The molecule has 0 saturated heterocycles. The minimum atomic E-state index is -4.35. The molecule has 0 aromatic heterocycles. The Morgan fingerprint density at radius 3 is 1.92 bits per heavy atom. The van der Waals surface area contributed by atoms with Crippen molar-refractivity contribution in [2.24, 2.45) is 0 Å². The molecule has 0 bridgehead atoms. The maximum atomic E-state index is 12.1. The fraction of sp³-hybridized carbons (Fsp3) is 0.143. The highest BCUT2D eigenvalue weighted by Gasteiger charge is 2.22. The maximum Gasteiger partial charge on any atom is 0.297 e. The van der Waals surface area contributed by atoms with Crippen LogP contribution in [0.15, 0.2) is 58.3 Å². The fourth-order valence-corrected chi connectivity index (χ4v) is 4.05. The molecule has 10 heteroatoms. The molecule has 24 heavy (non-hydrogen) atoms. The van der Waals surface area contributed by atoms with Crippen LogP contribution in [0, 0.1) is 17.0 Å². The fourth-order valence-electron chi connectivity index (χ4n) is 1.74. The molecule has 0 aliphatic carbocycles. The lowest BCUT2D eigenvalue weighted by molar-refractivity contribution is -0.384. The summed E-state index contributed by atoms with van der Waals surface area (Å²) in [4.78, 5) is 9.43. The molecule has 0 unspecified atom stereocenters. The van der Waals surface area contributed by atoms with Crippen LogP contribution in [-0.4, -0.2) is 27.7 Å². The molecule has 0 aliphatic heterocycles. The van der Waals surface area contributed by atoms with Crippen LogP contribution in [0.2, 0.25) is 0 Å². The molecular weight excluding hydrogens is 358 g/mol. The average molecular weight is 371 g/mol. The number of non-ortho nitro benzene ring substituents is 1.